The summed E-state index contributed by atoms with van der Waals surface area (Å²) in [6.07, 6.45) is 44.8. The number of hydrogen-bond donors (Lipinski definition) is 1. The molecule has 48 heavy (non-hydrogen) atoms. The zero-order valence-electron chi connectivity index (χ0n) is 29.3. The molecule has 0 aromatic rings. The molecule has 268 valence electrons. The van der Waals surface area contributed by atoms with E-state index >= 15 is 0 Å². The second-order valence-corrected chi connectivity index (χ2v) is 11.9. The van der Waals surface area contributed by atoms with Crippen LogP contribution < -0.4 is 0 Å². The van der Waals surface area contributed by atoms with Crippen LogP contribution >= 0.6 is 7.82 Å². The van der Waals surface area contributed by atoms with Gasteiger partial charge in [-0.15, -0.1) is 0 Å². The van der Waals surface area contributed by atoms with Gasteiger partial charge < -0.3 is 14.4 Å². The number of carbonyl (C=O) groups is 2. The van der Waals surface area contributed by atoms with Crippen molar-refractivity contribution in [2.24, 2.45) is 0 Å². The molecule has 0 bridgehead atoms. The molecule has 0 aliphatic heterocycles. The summed E-state index contributed by atoms with van der Waals surface area (Å²) in [5, 5.41) is 0. The Kier molecular flexibility index (Phi) is 31.3. The average Bonchev–Trinajstić information content (AvgIpc) is 3.06. The van der Waals surface area contributed by atoms with Crippen molar-refractivity contribution in [1.29, 1.82) is 0 Å². The minimum atomic E-state index is -4.32. The zero-order valence-corrected chi connectivity index (χ0v) is 30.2. The first-order valence-corrected chi connectivity index (χ1v) is 18.7. The van der Waals surface area contributed by atoms with Gasteiger partial charge in [0.1, 0.15) is 6.61 Å². The highest BCUT2D eigenvalue weighted by Crippen LogP contribution is 2.43. The lowest BCUT2D eigenvalue weighted by atomic mass is 10.2. The van der Waals surface area contributed by atoms with Gasteiger partial charge in [0.2, 0.25) is 0 Å². The van der Waals surface area contributed by atoms with Crippen LogP contribution in [-0.4, -0.2) is 42.8 Å². The van der Waals surface area contributed by atoms with Crippen molar-refractivity contribution in [3.8, 4) is 0 Å². The number of hydrogen-bond acceptors (Lipinski definition) is 7. The first-order valence-electron chi connectivity index (χ1n) is 17.2. The normalized spacial score (nSPS) is 14.8. The molecule has 1 N–H and O–H groups in total. The van der Waals surface area contributed by atoms with E-state index in [1.54, 1.807) is 13.0 Å². The summed E-state index contributed by atoms with van der Waals surface area (Å²) >= 11 is 0. The monoisotopic (exact) mass is 686 g/mol. The first kappa shape index (κ1) is 44.7. The van der Waals surface area contributed by atoms with Crippen molar-refractivity contribution < 1.29 is 37.6 Å². The molecule has 0 aliphatic rings. The van der Waals surface area contributed by atoms with Crippen LogP contribution in [0.4, 0.5) is 0 Å². The molecule has 0 saturated carbocycles. The Balaban J connectivity index is 4.50. The molecule has 2 unspecified atom stereocenters. The smallest absolute Gasteiger partial charge is 0.462 e. The van der Waals surface area contributed by atoms with Crippen molar-refractivity contribution in [2.45, 2.75) is 104 Å². The van der Waals surface area contributed by atoms with Gasteiger partial charge in [-0.1, -0.05) is 123 Å². The summed E-state index contributed by atoms with van der Waals surface area (Å²) in [6, 6.07) is 0. The fourth-order valence-corrected chi connectivity index (χ4v) is 4.47. The second-order valence-electron chi connectivity index (χ2n) is 10.4. The fraction of sp³-hybridized carbons (Fsp3) is 0.487. The number of phosphoric ester groups is 1. The third-order valence-corrected chi connectivity index (χ3v) is 7.18. The van der Waals surface area contributed by atoms with Crippen LogP contribution in [0, 0.1) is 0 Å². The van der Waals surface area contributed by atoms with Crippen LogP contribution in [0.25, 0.3) is 0 Å². The maximum absolute atomic E-state index is 12.4. The predicted molar refractivity (Wildman–Crippen MR) is 197 cm³/mol. The predicted octanol–water partition coefficient (Wildman–Crippen LogP) is 10.3. The van der Waals surface area contributed by atoms with Crippen LogP contribution in [0.5, 0.6) is 0 Å². The zero-order chi connectivity index (χ0) is 35.4. The molecule has 0 heterocycles. The fourth-order valence-electron chi connectivity index (χ4n) is 3.72. The molecule has 0 aromatic heterocycles. The number of esters is 2. The SMILES string of the molecule is CC/C=C\C/C=C\C/C=C\C/C=C\C/C=C\CC(=O)OC(COC(=O)CC/C=C\C/C=C\C/C=C\C/C=C\CC)COP(=O)(O)OCC. The number of carbonyl (C=O) groups excluding carboxylic acids is 2. The summed E-state index contributed by atoms with van der Waals surface area (Å²) < 4.78 is 32.2. The van der Waals surface area contributed by atoms with Gasteiger partial charge in [0.05, 0.1) is 19.6 Å². The van der Waals surface area contributed by atoms with Crippen LogP contribution in [0.15, 0.2) is 109 Å². The van der Waals surface area contributed by atoms with Crippen LogP contribution in [0.1, 0.15) is 97.8 Å². The first-order chi connectivity index (χ1) is 23.3. The van der Waals surface area contributed by atoms with Gasteiger partial charge >= 0.3 is 19.8 Å². The minimum absolute atomic E-state index is 0.00789. The number of phosphoric acid groups is 1. The topological polar surface area (TPSA) is 108 Å². The summed E-state index contributed by atoms with van der Waals surface area (Å²) in [7, 11) is -4.32. The Morgan fingerprint density at radius 3 is 1.42 bits per heavy atom. The Bertz CT molecular complexity index is 1140. The van der Waals surface area contributed by atoms with E-state index in [-0.39, 0.29) is 26.1 Å². The van der Waals surface area contributed by atoms with E-state index in [2.05, 4.69) is 92.8 Å². The lowest BCUT2D eigenvalue weighted by molar-refractivity contribution is -0.160. The van der Waals surface area contributed by atoms with Crippen molar-refractivity contribution in [2.75, 3.05) is 19.8 Å². The van der Waals surface area contributed by atoms with E-state index in [4.69, 9.17) is 18.5 Å². The molecule has 8 nitrogen and oxygen atoms in total. The van der Waals surface area contributed by atoms with Gasteiger partial charge in [0, 0.05) is 6.42 Å². The number of rotatable bonds is 29. The van der Waals surface area contributed by atoms with E-state index < -0.39 is 32.5 Å². The van der Waals surface area contributed by atoms with Crippen LogP contribution in [-0.2, 0) is 32.7 Å². The maximum atomic E-state index is 12.4. The summed E-state index contributed by atoms with van der Waals surface area (Å²) in [5.41, 5.74) is 0. The van der Waals surface area contributed by atoms with E-state index in [9.17, 15) is 19.0 Å². The quantitative estimate of drug-likeness (QED) is 0.0470. The van der Waals surface area contributed by atoms with Crippen molar-refractivity contribution in [3.63, 3.8) is 0 Å². The molecule has 0 fully saturated rings. The molecular formula is C39H59O8P. The Labute approximate surface area is 290 Å². The summed E-state index contributed by atoms with van der Waals surface area (Å²) in [4.78, 5) is 34.4. The molecular weight excluding hydrogens is 627 g/mol. The number of ether oxygens (including phenoxy) is 2. The standard InChI is InChI=1S/C39H59O8P/c1-4-7-9-11-13-15-17-19-20-22-24-26-28-30-32-34-39(41)47-37(36-46-48(42,43)45-6-3)35-44-38(40)33-31-29-27-25-23-21-18-16-14-12-10-8-5-2/h7-10,13-16,19-21,23-24,26-27,29-30,32,37H,4-6,11-12,17-18,22,25,28,31,33-36H2,1-3H3,(H,42,43)/b9-7-,10-8-,15-13-,16-14-,20-19-,23-21-,26-24-,29-27-,32-30-. The van der Waals surface area contributed by atoms with E-state index in [1.807, 2.05) is 24.3 Å². The Morgan fingerprint density at radius 2 is 0.979 bits per heavy atom. The summed E-state index contributed by atoms with van der Waals surface area (Å²) in [5.74, 6) is -1.06. The third kappa shape index (κ3) is 32.6. The van der Waals surface area contributed by atoms with Gasteiger partial charge in [-0.2, -0.15) is 0 Å². The second kappa shape index (κ2) is 33.6. The van der Waals surface area contributed by atoms with Gasteiger partial charge in [-0.3, -0.25) is 18.6 Å². The Morgan fingerprint density at radius 1 is 0.562 bits per heavy atom. The molecule has 0 saturated heterocycles. The summed E-state index contributed by atoms with van der Waals surface area (Å²) in [6.45, 7) is 4.98. The van der Waals surface area contributed by atoms with E-state index in [0.29, 0.717) is 12.8 Å². The highest BCUT2D eigenvalue weighted by Gasteiger charge is 2.25. The molecule has 0 radical (unpaired) electrons. The van der Waals surface area contributed by atoms with Crippen molar-refractivity contribution in [1.82, 2.24) is 0 Å². The van der Waals surface area contributed by atoms with Gasteiger partial charge in [-0.05, 0) is 71.1 Å². The van der Waals surface area contributed by atoms with E-state index in [1.165, 1.54) is 0 Å². The molecule has 9 heteroatoms. The van der Waals surface area contributed by atoms with Crippen LogP contribution in [0.3, 0.4) is 0 Å². The van der Waals surface area contributed by atoms with Gasteiger partial charge in [0.25, 0.3) is 0 Å². The Hall–Kier alpha value is -3.29. The molecule has 0 amide bonds. The highest BCUT2D eigenvalue weighted by atomic mass is 31.2. The molecule has 0 aliphatic carbocycles. The van der Waals surface area contributed by atoms with Crippen LogP contribution in [0.2, 0.25) is 0 Å². The highest BCUT2D eigenvalue weighted by molar-refractivity contribution is 7.47. The molecule has 0 rings (SSSR count). The van der Waals surface area contributed by atoms with Crippen molar-refractivity contribution >= 4 is 19.8 Å². The van der Waals surface area contributed by atoms with Crippen molar-refractivity contribution in [3.05, 3.63) is 109 Å². The van der Waals surface area contributed by atoms with Gasteiger partial charge in [0.15, 0.2) is 6.10 Å². The van der Waals surface area contributed by atoms with E-state index in [0.717, 1.165) is 51.4 Å². The maximum Gasteiger partial charge on any atom is 0.472 e. The largest absolute Gasteiger partial charge is 0.472 e. The molecule has 2 atom stereocenters. The minimum Gasteiger partial charge on any atom is -0.462 e. The number of allylic oxidation sites excluding steroid dienone is 17. The average molecular weight is 687 g/mol. The molecule has 0 spiro atoms. The lowest BCUT2D eigenvalue weighted by Crippen LogP contribution is -2.29. The third-order valence-electron chi connectivity index (χ3n) is 6.12. The lowest BCUT2D eigenvalue weighted by Gasteiger charge is -2.19. The van der Waals surface area contributed by atoms with Gasteiger partial charge in [-0.25, -0.2) is 4.57 Å². The molecule has 0 aromatic carbocycles.